The lowest BCUT2D eigenvalue weighted by Crippen LogP contribution is -2.13. The number of aryl methyl sites for hydroxylation is 1. The zero-order valence-electron chi connectivity index (χ0n) is 14.8. The van der Waals surface area contributed by atoms with E-state index in [-0.39, 0.29) is 28.5 Å². The average Bonchev–Trinajstić information content (AvgIpc) is 3.20. The number of thioether (sulfide) groups is 1. The summed E-state index contributed by atoms with van der Waals surface area (Å²) >= 11 is 1.23. The SMILES string of the molecule is CCc1ccc(C(=O)C(C)Sc2nnc(CC3CCS(=O)(=O)C3)o2)cc1. The first kappa shape index (κ1) is 19.1. The molecule has 2 atom stereocenters. The van der Waals surface area contributed by atoms with E-state index in [2.05, 4.69) is 17.1 Å². The van der Waals surface area contributed by atoms with Gasteiger partial charge < -0.3 is 4.42 Å². The summed E-state index contributed by atoms with van der Waals surface area (Å²) in [5, 5.41) is 7.97. The number of Topliss-reactive ketones (excluding diaryl/α,β-unsaturated/α-hetero) is 1. The first-order valence-electron chi connectivity index (χ1n) is 8.69. The van der Waals surface area contributed by atoms with Gasteiger partial charge in [0.05, 0.1) is 16.8 Å². The summed E-state index contributed by atoms with van der Waals surface area (Å²) in [6, 6.07) is 7.62. The van der Waals surface area contributed by atoms with Crippen LogP contribution in [0.4, 0.5) is 0 Å². The Balaban J connectivity index is 1.58. The van der Waals surface area contributed by atoms with Gasteiger partial charge in [-0.15, -0.1) is 10.2 Å². The molecule has 0 saturated carbocycles. The normalized spacial score (nSPS) is 20.2. The van der Waals surface area contributed by atoms with Gasteiger partial charge in [0.1, 0.15) is 0 Å². The van der Waals surface area contributed by atoms with Crippen molar-refractivity contribution in [1.29, 1.82) is 0 Å². The third-order valence-corrected chi connectivity index (χ3v) is 7.30. The molecule has 0 radical (unpaired) electrons. The molecule has 1 fully saturated rings. The molecule has 26 heavy (non-hydrogen) atoms. The maximum atomic E-state index is 12.5. The summed E-state index contributed by atoms with van der Waals surface area (Å²) in [5.74, 6) is 0.895. The van der Waals surface area contributed by atoms with Crippen LogP contribution in [0.25, 0.3) is 0 Å². The van der Waals surface area contributed by atoms with Crippen LogP contribution in [0.3, 0.4) is 0 Å². The molecule has 1 saturated heterocycles. The van der Waals surface area contributed by atoms with E-state index in [1.54, 1.807) is 0 Å². The van der Waals surface area contributed by atoms with Crippen molar-refractivity contribution in [3.63, 3.8) is 0 Å². The van der Waals surface area contributed by atoms with Gasteiger partial charge >= 0.3 is 0 Å². The van der Waals surface area contributed by atoms with Crippen LogP contribution in [0.1, 0.15) is 42.1 Å². The molecular formula is C18H22N2O4S2. The lowest BCUT2D eigenvalue weighted by Gasteiger charge is -2.08. The summed E-state index contributed by atoms with van der Waals surface area (Å²) in [6.07, 6.45) is 2.04. The second-order valence-corrected chi connectivity index (χ2v) is 10.1. The Morgan fingerprint density at radius 3 is 2.65 bits per heavy atom. The van der Waals surface area contributed by atoms with E-state index >= 15 is 0 Å². The number of benzene rings is 1. The molecule has 2 heterocycles. The standard InChI is InChI=1S/C18H22N2O4S2/c1-3-13-4-6-15(7-5-13)17(21)12(2)25-18-20-19-16(24-18)10-14-8-9-26(22,23)11-14/h4-7,12,14H,3,8-11H2,1-2H3. The number of carbonyl (C=O) groups is 1. The summed E-state index contributed by atoms with van der Waals surface area (Å²) in [6.45, 7) is 3.89. The molecule has 0 bridgehead atoms. The van der Waals surface area contributed by atoms with E-state index in [1.165, 1.54) is 17.3 Å². The van der Waals surface area contributed by atoms with Gasteiger partial charge in [0.15, 0.2) is 15.6 Å². The first-order valence-corrected chi connectivity index (χ1v) is 11.4. The van der Waals surface area contributed by atoms with Gasteiger partial charge in [0.2, 0.25) is 5.89 Å². The van der Waals surface area contributed by atoms with Crippen LogP contribution in [0.5, 0.6) is 0 Å². The van der Waals surface area contributed by atoms with Crippen LogP contribution in [-0.4, -0.2) is 41.2 Å². The molecule has 1 aliphatic rings. The van der Waals surface area contributed by atoms with Gasteiger partial charge in [-0.05, 0) is 31.2 Å². The van der Waals surface area contributed by atoms with Crippen molar-refractivity contribution in [2.24, 2.45) is 5.92 Å². The first-order chi connectivity index (χ1) is 12.4. The molecule has 1 aromatic heterocycles. The van der Waals surface area contributed by atoms with Crippen molar-refractivity contribution < 1.29 is 17.6 Å². The van der Waals surface area contributed by atoms with E-state index in [4.69, 9.17) is 4.42 Å². The minimum atomic E-state index is -2.91. The van der Waals surface area contributed by atoms with Crippen LogP contribution < -0.4 is 0 Å². The fourth-order valence-corrected chi connectivity index (χ4v) is 5.63. The summed E-state index contributed by atoms with van der Waals surface area (Å²) in [7, 11) is -2.91. The van der Waals surface area contributed by atoms with Gasteiger partial charge in [-0.3, -0.25) is 4.79 Å². The zero-order chi connectivity index (χ0) is 18.7. The van der Waals surface area contributed by atoms with Gasteiger partial charge in [-0.25, -0.2) is 8.42 Å². The minimum absolute atomic E-state index is 0.0132. The van der Waals surface area contributed by atoms with Gasteiger partial charge in [-0.2, -0.15) is 0 Å². The summed E-state index contributed by atoms with van der Waals surface area (Å²) < 4.78 is 28.6. The number of hydrogen-bond acceptors (Lipinski definition) is 7. The number of nitrogens with zero attached hydrogens (tertiary/aromatic N) is 2. The minimum Gasteiger partial charge on any atom is -0.416 e. The highest BCUT2D eigenvalue weighted by Crippen LogP contribution is 2.27. The van der Waals surface area contributed by atoms with Crippen molar-refractivity contribution >= 4 is 27.4 Å². The fourth-order valence-electron chi connectivity index (χ4n) is 2.99. The van der Waals surface area contributed by atoms with Crippen LogP contribution in [0.2, 0.25) is 0 Å². The number of carbonyl (C=O) groups excluding carboxylic acids is 1. The predicted molar refractivity (Wildman–Crippen MR) is 100 cm³/mol. The molecule has 2 aromatic rings. The third kappa shape index (κ3) is 4.73. The Morgan fingerprint density at radius 2 is 2.04 bits per heavy atom. The second kappa shape index (κ2) is 7.92. The highest BCUT2D eigenvalue weighted by molar-refractivity contribution is 8.00. The maximum absolute atomic E-state index is 12.5. The van der Waals surface area contributed by atoms with Crippen molar-refractivity contribution in [2.75, 3.05) is 11.5 Å². The Kier molecular flexibility index (Phi) is 5.82. The van der Waals surface area contributed by atoms with E-state index in [0.717, 1.165) is 6.42 Å². The molecule has 0 N–H and O–H groups in total. The third-order valence-electron chi connectivity index (χ3n) is 4.53. The summed E-state index contributed by atoms with van der Waals surface area (Å²) in [5.41, 5.74) is 1.86. The van der Waals surface area contributed by atoms with Crippen LogP contribution in [0, 0.1) is 5.92 Å². The number of hydrogen-bond donors (Lipinski definition) is 0. The van der Waals surface area contributed by atoms with E-state index in [1.807, 2.05) is 31.2 Å². The molecule has 0 spiro atoms. The maximum Gasteiger partial charge on any atom is 0.277 e. The molecule has 6 nitrogen and oxygen atoms in total. The summed E-state index contributed by atoms with van der Waals surface area (Å²) in [4.78, 5) is 12.5. The molecule has 140 valence electrons. The highest BCUT2D eigenvalue weighted by Gasteiger charge is 2.29. The number of ketones is 1. The topological polar surface area (TPSA) is 90.1 Å². The number of aromatic nitrogens is 2. The monoisotopic (exact) mass is 394 g/mol. The Bertz CT molecular complexity index is 875. The second-order valence-electron chi connectivity index (χ2n) is 6.61. The average molecular weight is 395 g/mol. The van der Waals surface area contributed by atoms with Gasteiger partial charge in [-0.1, -0.05) is 43.0 Å². The number of rotatable bonds is 7. The van der Waals surface area contributed by atoms with E-state index < -0.39 is 9.84 Å². The highest BCUT2D eigenvalue weighted by atomic mass is 32.2. The Hall–Kier alpha value is -1.67. The number of sulfone groups is 1. The van der Waals surface area contributed by atoms with Crippen LogP contribution in [-0.2, 0) is 22.7 Å². The van der Waals surface area contributed by atoms with E-state index in [9.17, 15) is 13.2 Å². The zero-order valence-corrected chi connectivity index (χ0v) is 16.5. The smallest absolute Gasteiger partial charge is 0.277 e. The predicted octanol–water partition coefficient (Wildman–Crippen LogP) is 2.97. The van der Waals surface area contributed by atoms with E-state index in [0.29, 0.717) is 29.5 Å². The molecule has 1 aliphatic heterocycles. The lowest BCUT2D eigenvalue weighted by atomic mass is 10.1. The molecular weight excluding hydrogens is 372 g/mol. The van der Waals surface area contributed by atoms with Crippen LogP contribution in [0.15, 0.2) is 33.9 Å². The Morgan fingerprint density at radius 1 is 1.31 bits per heavy atom. The quantitative estimate of drug-likeness (QED) is 0.527. The molecule has 0 aliphatic carbocycles. The van der Waals surface area contributed by atoms with Gasteiger partial charge in [0, 0.05) is 12.0 Å². The largest absolute Gasteiger partial charge is 0.416 e. The van der Waals surface area contributed by atoms with Crippen molar-refractivity contribution in [3.05, 3.63) is 41.3 Å². The van der Waals surface area contributed by atoms with Gasteiger partial charge in [0.25, 0.3) is 5.22 Å². The fraction of sp³-hybridized carbons (Fsp3) is 0.500. The van der Waals surface area contributed by atoms with Crippen molar-refractivity contribution in [1.82, 2.24) is 10.2 Å². The lowest BCUT2D eigenvalue weighted by molar-refractivity contribution is 0.0993. The molecule has 8 heteroatoms. The Labute approximate surface area is 157 Å². The molecule has 0 amide bonds. The molecule has 3 rings (SSSR count). The van der Waals surface area contributed by atoms with Crippen molar-refractivity contribution in [3.8, 4) is 0 Å². The van der Waals surface area contributed by atoms with Crippen molar-refractivity contribution in [2.45, 2.75) is 43.6 Å². The molecule has 2 unspecified atom stereocenters. The molecule has 1 aromatic carbocycles. The van der Waals surface area contributed by atoms with Crippen LogP contribution >= 0.6 is 11.8 Å².